The number of aliphatic carboxylic acids is 2. The van der Waals surface area contributed by atoms with Gasteiger partial charge in [0.05, 0.1) is 37.9 Å². The van der Waals surface area contributed by atoms with Crippen LogP contribution in [0.3, 0.4) is 0 Å². The first-order valence-electron chi connectivity index (χ1n) is 14.1. The Morgan fingerprint density at radius 3 is 1.40 bits per heavy atom. The summed E-state index contributed by atoms with van der Waals surface area (Å²) in [6, 6.07) is 1.32. The molecule has 2 unspecified atom stereocenters. The zero-order valence-electron chi connectivity index (χ0n) is 25.8. The molecule has 0 rings (SSSR count). The maximum atomic E-state index is 12.3. The molecule has 0 aromatic rings. The SMILES string of the molecule is C=C(CC(C)C)C(CC(=O)OCCC[Si](C)(C)O[Si](C)(C)CCOC(=O)CC(C(=C)CC(C)C)C(=O)O)C(=O)O. The lowest BCUT2D eigenvalue weighted by Crippen LogP contribution is -2.45. The van der Waals surface area contributed by atoms with E-state index < -0.39 is 52.3 Å². The normalized spacial score (nSPS) is 13.6. The molecule has 0 aromatic carbocycles. The number of carbonyl (C=O) groups is 4. The second kappa shape index (κ2) is 17.5. The molecule has 2 atom stereocenters. The fourth-order valence-electron chi connectivity index (χ4n) is 4.54. The summed E-state index contributed by atoms with van der Waals surface area (Å²) in [6.07, 6.45) is 1.22. The minimum atomic E-state index is -2.19. The first-order chi connectivity index (χ1) is 18.3. The van der Waals surface area contributed by atoms with Crippen LogP contribution in [0.1, 0.15) is 59.8 Å². The first kappa shape index (κ1) is 37.8. The van der Waals surface area contributed by atoms with Crippen molar-refractivity contribution in [2.75, 3.05) is 13.2 Å². The van der Waals surface area contributed by atoms with Gasteiger partial charge in [0.25, 0.3) is 0 Å². The molecule has 0 aromatic heterocycles. The summed E-state index contributed by atoms with van der Waals surface area (Å²) in [5.41, 5.74) is 1.05. The van der Waals surface area contributed by atoms with Gasteiger partial charge in [0.2, 0.25) is 0 Å². The fourth-order valence-corrected chi connectivity index (χ4v) is 12.9. The Hall–Kier alpha value is -2.25. The van der Waals surface area contributed by atoms with Gasteiger partial charge >= 0.3 is 23.9 Å². The highest BCUT2D eigenvalue weighted by molar-refractivity contribution is 6.84. The van der Waals surface area contributed by atoms with E-state index in [2.05, 4.69) is 39.3 Å². The van der Waals surface area contributed by atoms with Crippen molar-refractivity contribution in [1.82, 2.24) is 0 Å². The predicted molar refractivity (Wildman–Crippen MR) is 161 cm³/mol. The van der Waals surface area contributed by atoms with Crippen molar-refractivity contribution in [3.8, 4) is 0 Å². The Morgan fingerprint density at radius 2 is 1.02 bits per heavy atom. The molecule has 0 radical (unpaired) electrons. The number of esters is 2. The molecule has 0 aliphatic rings. The molecule has 230 valence electrons. The minimum absolute atomic E-state index is 0.163. The van der Waals surface area contributed by atoms with Gasteiger partial charge < -0.3 is 23.8 Å². The highest BCUT2D eigenvalue weighted by atomic mass is 28.4. The van der Waals surface area contributed by atoms with E-state index in [1.165, 1.54) is 0 Å². The predicted octanol–water partition coefficient (Wildman–Crippen LogP) is 6.28. The van der Waals surface area contributed by atoms with Crippen molar-refractivity contribution < 1.29 is 43.0 Å². The zero-order chi connectivity index (χ0) is 31.3. The summed E-state index contributed by atoms with van der Waals surface area (Å²) in [4.78, 5) is 47.7. The van der Waals surface area contributed by atoms with Gasteiger partial charge in [-0.1, -0.05) is 52.0 Å². The van der Waals surface area contributed by atoms with E-state index in [4.69, 9.17) is 13.6 Å². The van der Waals surface area contributed by atoms with Gasteiger partial charge in [0.15, 0.2) is 16.6 Å². The average Bonchev–Trinajstić information content (AvgIpc) is 2.76. The molecule has 0 bridgehead atoms. The van der Waals surface area contributed by atoms with E-state index in [-0.39, 0.29) is 37.9 Å². The molecule has 0 spiro atoms. The molecule has 0 amide bonds. The van der Waals surface area contributed by atoms with Crippen molar-refractivity contribution in [3.05, 3.63) is 24.3 Å². The summed E-state index contributed by atoms with van der Waals surface area (Å²) in [5.74, 6) is -4.65. The number of carbonyl (C=O) groups excluding carboxylic acids is 2. The Bertz CT molecular complexity index is 894. The fraction of sp³-hybridized carbons (Fsp3) is 0.724. The Morgan fingerprint density at radius 1 is 0.650 bits per heavy atom. The van der Waals surface area contributed by atoms with Crippen LogP contribution in [-0.2, 0) is 32.8 Å². The minimum Gasteiger partial charge on any atom is -0.481 e. The highest BCUT2D eigenvalue weighted by Gasteiger charge is 2.33. The van der Waals surface area contributed by atoms with E-state index in [1.54, 1.807) is 0 Å². The van der Waals surface area contributed by atoms with E-state index in [0.717, 1.165) is 6.04 Å². The molecule has 11 heteroatoms. The van der Waals surface area contributed by atoms with Crippen LogP contribution >= 0.6 is 0 Å². The van der Waals surface area contributed by atoms with E-state index in [9.17, 15) is 29.4 Å². The smallest absolute Gasteiger partial charge is 0.311 e. The maximum Gasteiger partial charge on any atom is 0.311 e. The van der Waals surface area contributed by atoms with Crippen molar-refractivity contribution in [1.29, 1.82) is 0 Å². The van der Waals surface area contributed by atoms with Crippen molar-refractivity contribution in [2.24, 2.45) is 23.7 Å². The van der Waals surface area contributed by atoms with Gasteiger partial charge in [0, 0.05) is 0 Å². The van der Waals surface area contributed by atoms with Crippen LogP contribution in [0, 0.1) is 23.7 Å². The van der Waals surface area contributed by atoms with Crippen LogP contribution in [0.5, 0.6) is 0 Å². The van der Waals surface area contributed by atoms with Crippen LogP contribution in [-0.4, -0.2) is 63.9 Å². The second-order valence-electron chi connectivity index (χ2n) is 12.6. The Kier molecular flexibility index (Phi) is 16.6. The maximum absolute atomic E-state index is 12.3. The van der Waals surface area contributed by atoms with Gasteiger partial charge in [0.1, 0.15) is 0 Å². The van der Waals surface area contributed by atoms with Crippen LogP contribution in [0.4, 0.5) is 0 Å². The third-order valence-corrected chi connectivity index (χ3v) is 13.8. The topological polar surface area (TPSA) is 136 Å². The van der Waals surface area contributed by atoms with E-state index in [1.807, 2.05) is 27.7 Å². The number of rotatable bonds is 21. The van der Waals surface area contributed by atoms with E-state index in [0.29, 0.717) is 36.5 Å². The number of carboxylic acid groups (broad SMARTS) is 2. The lowest BCUT2D eigenvalue weighted by molar-refractivity contribution is -0.150. The summed E-state index contributed by atoms with van der Waals surface area (Å²) in [5, 5.41) is 18.9. The van der Waals surface area contributed by atoms with Crippen molar-refractivity contribution >= 4 is 40.5 Å². The number of hydrogen-bond acceptors (Lipinski definition) is 7. The molecule has 0 aliphatic heterocycles. The molecule has 40 heavy (non-hydrogen) atoms. The van der Waals surface area contributed by atoms with Crippen molar-refractivity contribution in [3.63, 3.8) is 0 Å². The molecule has 2 N–H and O–H groups in total. The van der Waals surface area contributed by atoms with Gasteiger partial charge in [-0.05, 0) is 69.4 Å². The van der Waals surface area contributed by atoms with E-state index >= 15 is 0 Å². The Labute approximate surface area is 242 Å². The summed E-state index contributed by atoms with van der Waals surface area (Å²) in [7, 11) is -4.30. The summed E-state index contributed by atoms with van der Waals surface area (Å²) < 4.78 is 17.2. The van der Waals surface area contributed by atoms with Gasteiger partial charge in [-0.15, -0.1) is 0 Å². The zero-order valence-corrected chi connectivity index (χ0v) is 27.8. The lowest BCUT2D eigenvalue weighted by atomic mass is 9.90. The van der Waals surface area contributed by atoms with Gasteiger partial charge in [-0.25, -0.2) is 0 Å². The quantitative estimate of drug-likeness (QED) is 0.0675. The molecule has 0 saturated carbocycles. The highest BCUT2D eigenvalue weighted by Crippen LogP contribution is 2.25. The van der Waals surface area contributed by atoms with Crippen LogP contribution in [0.15, 0.2) is 24.3 Å². The van der Waals surface area contributed by atoms with Gasteiger partial charge in [-0.3, -0.25) is 19.2 Å². The summed E-state index contributed by atoms with van der Waals surface area (Å²) in [6.45, 7) is 24.2. The lowest BCUT2D eigenvalue weighted by Gasteiger charge is -2.34. The van der Waals surface area contributed by atoms with Crippen LogP contribution in [0.25, 0.3) is 0 Å². The molecular formula is C29H52O9Si2. The third kappa shape index (κ3) is 16.8. The number of hydrogen-bond donors (Lipinski definition) is 2. The second-order valence-corrected chi connectivity index (χ2v) is 21.5. The van der Waals surface area contributed by atoms with Gasteiger partial charge in [-0.2, -0.15) is 0 Å². The molecule has 0 heterocycles. The first-order valence-corrected chi connectivity index (χ1v) is 20.3. The van der Waals surface area contributed by atoms with Crippen LogP contribution in [0.2, 0.25) is 38.3 Å². The third-order valence-electron chi connectivity index (χ3n) is 6.37. The standard InChI is InChI=1S/C29H52O9Si2/c1-20(2)16-22(5)24(28(32)33)18-26(30)36-12-11-14-39(7,8)38-40(9,10)15-13-37-27(31)19-25(29(34)35)23(6)17-21(3)4/h20-21,24-25H,5-6,11-19H2,1-4,7-10H3,(H,32,33)(H,34,35). The molecule has 0 aliphatic carbocycles. The molecule has 9 nitrogen and oxygen atoms in total. The molecular weight excluding hydrogens is 548 g/mol. The summed E-state index contributed by atoms with van der Waals surface area (Å²) >= 11 is 0. The number of carboxylic acids is 2. The van der Waals surface area contributed by atoms with Crippen LogP contribution < -0.4 is 0 Å². The molecule has 0 fully saturated rings. The van der Waals surface area contributed by atoms with Crippen molar-refractivity contribution in [2.45, 2.75) is 98.1 Å². The molecule has 0 saturated heterocycles. The Balaban J connectivity index is 4.60. The average molecular weight is 601 g/mol. The largest absolute Gasteiger partial charge is 0.481 e. The monoisotopic (exact) mass is 600 g/mol. The number of ether oxygens (including phenoxy) is 2.